The highest BCUT2D eigenvalue weighted by atomic mass is 19.1. The summed E-state index contributed by atoms with van der Waals surface area (Å²) in [6, 6.07) is 8.45. The Labute approximate surface area is 141 Å². The van der Waals surface area contributed by atoms with Gasteiger partial charge in [0.25, 0.3) is 0 Å². The van der Waals surface area contributed by atoms with E-state index >= 15 is 0 Å². The topological polar surface area (TPSA) is 106 Å². The van der Waals surface area contributed by atoms with E-state index in [1.54, 1.807) is 37.3 Å². The highest BCUT2D eigenvalue weighted by Gasteiger charge is 2.36. The summed E-state index contributed by atoms with van der Waals surface area (Å²) in [6.07, 6.45) is -1.47. The molecule has 132 valence electrons. The van der Waals surface area contributed by atoms with Crippen LogP contribution in [-0.2, 0) is 14.2 Å². The van der Waals surface area contributed by atoms with Crippen LogP contribution in [0.15, 0.2) is 41.3 Å². The Hall–Kier alpha value is -2.78. The lowest BCUT2D eigenvalue weighted by Gasteiger charge is -2.15. The van der Waals surface area contributed by atoms with Crippen molar-refractivity contribution in [3.63, 3.8) is 0 Å². The normalized spacial score (nSPS) is 22.7. The van der Waals surface area contributed by atoms with E-state index in [0.717, 1.165) is 10.8 Å². The number of benzene rings is 1. The van der Waals surface area contributed by atoms with Crippen LogP contribution >= 0.6 is 0 Å². The summed E-state index contributed by atoms with van der Waals surface area (Å²) < 4.78 is 30.7. The zero-order valence-corrected chi connectivity index (χ0v) is 13.3. The molecule has 9 heteroatoms. The Kier molecular flexibility index (Phi) is 4.77. The van der Waals surface area contributed by atoms with E-state index in [4.69, 9.17) is 19.9 Å². The highest BCUT2D eigenvalue weighted by Crippen LogP contribution is 2.27. The first-order chi connectivity index (χ1) is 12.0. The maximum atomic E-state index is 13.6. The van der Waals surface area contributed by atoms with Crippen LogP contribution in [-0.4, -0.2) is 34.5 Å². The fraction of sp³-hybridized carbons (Fsp3) is 0.312. The van der Waals surface area contributed by atoms with Gasteiger partial charge in [-0.05, 0) is 19.1 Å². The number of halogens is 1. The third-order valence-corrected chi connectivity index (χ3v) is 3.63. The van der Waals surface area contributed by atoms with Crippen molar-refractivity contribution in [2.45, 2.75) is 25.5 Å². The Bertz CT molecular complexity index is 826. The quantitative estimate of drug-likeness (QED) is 0.823. The number of nitrogens with two attached hydrogens (primary N) is 1. The van der Waals surface area contributed by atoms with Crippen LogP contribution in [0.3, 0.4) is 0 Å². The van der Waals surface area contributed by atoms with Gasteiger partial charge in [0, 0.05) is 0 Å². The first kappa shape index (κ1) is 17.1. The van der Waals surface area contributed by atoms with Crippen molar-refractivity contribution in [1.29, 1.82) is 0 Å². The molecule has 0 radical (unpaired) electrons. The molecule has 1 aliphatic heterocycles. The molecule has 0 saturated carbocycles. The van der Waals surface area contributed by atoms with Crippen LogP contribution in [0.5, 0.6) is 0 Å². The van der Waals surface area contributed by atoms with E-state index < -0.39 is 41.9 Å². The zero-order valence-electron chi connectivity index (χ0n) is 13.3. The molecule has 8 nitrogen and oxygen atoms in total. The predicted octanol–water partition coefficient (Wildman–Crippen LogP) is 1.08. The Morgan fingerprint density at radius 1 is 1.36 bits per heavy atom. The van der Waals surface area contributed by atoms with E-state index in [-0.39, 0.29) is 6.61 Å². The fourth-order valence-electron chi connectivity index (χ4n) is 2.42. The molecule has 1 aromatic heterocycles. The zero-order chi connectivity index (χ0) is 18.0. The number of carbonyl (C=O) groups excluding carboxylic acids is 1. The number of hydrogen-bond donors (Lipinski definition) is 1. The van der Waals surface area contributed by atoms with Gasteiger partial charge in [0.05, 0.1) is 11.8 Å². The van der Waals surface area contributed by atoms with E-state index in [1.165, 1.54) is 0 Å². The molecule has 1 aliphatic rings. The third-order valence-electron chi connectivity index (χ3n) is 3.63. The number of aromatic nitrogens is 2. The summed E-state index contributed by atoms with van der Waals surface area (Å²) in [4.78, 5) is 27.2. The van der Waals surface area contributed by atoms with Crippen LogP contribution < -0.4 is 11.4 Å². The molecule has 2 aromatic rings. The summed E-state index contributed by atoms with van der Waals surface area (Å²) in [5, 5.41) is 0. The molecule has 1 saturated heterocycles. The van der Waals surface area contributed by atoms with Gasteiger partial charge in [-0.15, -0.1) is 0 Å². The van der Waals surface area contributed by atoms with Crippen molar-refractivity contribution >= 4 is 11.8 Å². The van der Waals surface area contributed by atoms with E-state index in [1.807, 2.05) is 0 Å². The molecule has 3 atom stereocenters. The Balaban J connectivity index is 1.65. The molecule has 0 amide bonds. The van der Waals surface area contributed by atoms with Crippen molar-refractivity contribution in [2.24, 2.45) is 0 Å². The molecule has 2 heterocycles. The minimum Gasteiger partial charge on any atom is -0.457 e. The molecule has 0 bridgehead atoms. The van der Waals surface area contributed by atoms with Gasteiger partial charge >= 0.3 is 11.7 Å². The Morgan fingerprint density at radius 3 is 2.80 bits per heavy atom. The van der Waals surface area contributed by atoms with Crippen molar-refractivity contribution in [3.8, 4) is 0 Å². The molecule has 0 aliphatic carbocycles. The van der Waals surface area contributed by atoms with Gasteiger partial charge in [0.15, 0.2) is 24.2 Å². The van der Waals surface area contributed by atoms with Crippen LogP contribution in [0, 0.1) is 5.82 Å². The predicted molar refractivity (Wildman–Crippen MR) is 84.0 cm³/mol. The standard InChI is InChI=1S/C16H16FN3O5/c1-9-14(20-7-11(17)13(18)19-16(20)22)25-12(24-9)8-23-15(21)10-5-3-2-4-6-10/h2-7,9,12,14H,8H2,1H3,(H2,18,19,22)/t9-,12-,14+/m1/s1. The van der Waals surface area contributed by atoms with E-state index in [2.05, 4.69) is 4.98 Å². The van der Waals surface area contributed by atoms with E-state index in [9.17, 15) is 14.0 Å². The van der Waals surface area contributed by atoms with Crippen molar-refractivity contribution < 1.29 is 23.4 Å². The minimum absolute atomic E-state index is 0.172. The number of ether oxygens (including phenoxy) is 3. The summed E-state index contributed by atoms with van der Waals surface area (Å²) in [5.41, 5.74) is 4.89. The van der Waals surface area contributed by atoms with Crippen LogP contribution in [0.25, 0.3) is 0 Å². The summed E-state index contributed by atoms with van der Waals surface area (Å²) >= 11 is 0. The van der Waals surface area contributed by atoms with Gasteiger partial charge in [-0.1, -0.05) is 18.2 Å². The van der Waals surface area contributed by atoms with Gasteiger partial charge in [0.1, 0.15) is 12.7 Å². The molecular weight excluding hydrogens is 333 g/mol. The smallest absolute Gasteiger partial charge is 0.351 e. The number of rotatable bonds is 4. The van der Waals surface area contributed by atoms with Gasteiger partial charge in [-0.3, -0.25) is 4.57 Å². The summed E-state index contributed by atoms with van der Waals surface area (Å²) in [7, 11) is 0. The summed E-state index contributed by atoms with van der Waals surface area (Å²) in [6.45, 7) is 1.47. The Morgan fingerprint density at radius 2 is 2.08 bits per heavy atom. The summed E-state index contributed by atoms with van der Waals surface area (Å²) in [5.74, 6) is -1.85. The molecule has 25 heavy (non-hydrogen) atoms. The van der Waals surface area contributed by atoms with Crippen LogP contribution in [0.1, 0.15) is 23.5 Å². The van der Waals surface area contributed by atoms with Crippen molar-refractivity contribution in [3.05, 3.63) is 58.4 Å². The van der Waals surface area contributed by atoms with Gasteiger partial charge < -0.3 is 19.9 Å². The molecular formula is C16H16FN3O5. The number of nitrogens with zero attached hydrogens (tertiary/aromatic N) is 2. The second-order valence-corrected chi connectivity index (χ2v) is 5.43. The highest BCUT2D eigenvalue weighted by molar-refractivity contribution is 5.89. The third kappa shape index (κ3) is 3.67. The fourth-order valence-corrected chi connectivity index (χ4v) is 2.42. The van der Waals surface area contributed by atoms with Crippen LogP contribution in [0.4, 0.5) is 10.2 Å². The average molecular weight is 349 g/mol. The molecule has 1 fully saturated rings. The maximum absolute atomic E-state index is 13.6. The average Bonchev–Trinajstić information content (AvgIpc) is 2.97. The first-order valence-corrected chi connectivity index (χ1v) is 7.53. The van der Waals surface area contributed by atoms with Crippen molar-refractivity contribution in [2.75, 3.05) is 12.3 Å². The molecule has 0 spiro atoms. The van der Waals surface area contributed by atoms with Gasteiger partial charge in [0.2, 0.25) is 0 Å². The lowest BCUT2D eigenvalue weighted by molar-refractivity contribution is -0.106. The number of carbonyl (C=O) groups is 1. The van der Waals surface area contributed by atoms with Crippen LogP contribution in [0.2, 0.25) is 0 Å². The second-order valence-electron chi connectivity index (χ2n) is 5.43. The maximum Gasteiger partial charge on any atom is 0.351 e. The molecule has 1 aromatic carbocycles. The number of anilines is 1. The van der Waals surface area contributed by atoms with Gasteiger partial charge in [-0.2, -0.15) is 4.98 Å². The SMILES string of the molecule is C[C@H]1O[C@@H](COC(=O)c2ccccc2)O[C@@H]1n1cc(F)c(N)nc1=O. The lowest BCUT2D eigenvalue weighted by atomic mass is 10.2. The number of nitrogen functional groups attached to an aromatic ring is 1. The lowest BCUT2D eigenvalue weighted by Crippen LogP contribution is -2.32. The number of hydrogen-bond acceptors (Lipinski definition) is 7. The largest absolute Gasteiger partial charge is 0.457 e. The monoisotopic (exact) mass is 349 g/mol. The van der Waals surface area contributed by atoms with Gasteiger partial charge in [-0.25, -0.2) is 14.0 Å². The first-order valence-electron chi connectivity index (χ1n) is 7.53. The second kappa shape index (κ2) is 6.99. The molecule has 0 unspecified atom stereocenters. The molecule has 2 N–H and O–H groups in total. The molecule has 3 rings (SSSR count). The number of esters is 1. The minimum atomic E-state index is -0.907. The van der Waals surface area contributed by atoms with Crippen molar-refractivity contribution in [1.82, 2.24) is 9.55 Å². The van der Waals surface area contributed by atoms with E-state index in [0.29, 0.717) is 5.56 Å².